The van der Waals surface area contributed by atoms with Gasteiger partial charge in [0, 0.05) is 5.92 Å². The lowest BCUT2D eigenvalue weighted by molar-refractivity contribution is -0.149. The van der Waals surface area contributed by atoms with E-state index in [0.717, 1.165) is 7.11 Å². The van der Waals surface area contributed by atoms with Crippen LogP contribution in [0.5, 0.6) is 0 Å². The zero-order valence-electron chi connectivity index (χ0n) is 6.74. The summed E-state index contributed by atoms with van der Waals surface area (Å²) in [5.74, 6) is -1.58. The summed E-state index contributed by atoms with van der Waals surface area (Å²) in [4.78, 5) is 10.7. The molecule has 0 bridgehead atoms. The quantitative estimate of drug-likeness (QED) is 0.488. The van der Waals surface area contributed by atoms with Crippen LogP contribution < -0.4 is 0 Å². The topological polar surface area (TPSA) is 46.5 Å². The number of rotatable bonds is 2. The van der Waals surface area contributed by atoms with Crippen molar-refractivity contribution >= 4 is 5.97 Å². The first-order chi connectivity index (χ1) is 5.66. The van der Waals surface area contributed by atoms with Gasteiger partial charge in [-0.15, -0.1) is 0 Å². The second kappa shape index (κ2) is 3.67. The molecule has 0 aliphatic heterocycles. The molecular weight excluding hydrogens is 163 g/mol. The molecule has 3 nitrogen and oxygen atoms in total. The Balaban J connectivity index is 2.53. The SMILES string of the molecule is COC(=O)C(F)C1CC=C[C@H]1O. The fourth-order valence-electron chi connectivity index (χ4n) is 1.24. The van der Waals surface area contributed by atoms with Crippen molar-refractivity contribution in [3.05, 3.63) is 12.2 Å². The molecule has 1 aliphatic carbocycles. The van der Waals surface area contributed by atoms with E-state index in [1.54, 1.807) is 6.08 Å². The first-order valence-corrected chi connectivity index (χ1v) is 3.73. The van der Waals surface area contributed by atoms with Gasteiger partial charge in [0.05, 0.1) is 13.2 Å². The number of esters is 1. The molecule has 3 atom stereocenters. The van der Waals surface area contributed by atoms with Gasteiger partial charge in [-0.05, 0) is 6.42 Å². The monoisotopic (exact) mass is 174 g/mol. The third kappa shape index (κ3) is 1.64. The van der Waals surface area contributed by atoms with E-state index in [1.807, 2.05) is 0 Å². The first kappa shape index (κ1) is 9.19. The number of aliphatic hydroxyl groups is 1. The molecule has 0 aromatic heterocycles. The van der Waals surface area contributed by atoms with Crippen molar-refractivity contribution in [3.8, 4) is 0 Å². The Kier molecular flexibility index (Phi) is 2.81. The van der Waals surface area contributed by atoms with E-state index in [4.69, 9.17) is 5.11 Å². The molecular formula is C8H11FO3. The normalized spacial score (nSPS) is 30.2. The molecule has 12 heavy (non-hydrogen) atoms. The van der Waals surface area contributed by atoms with Gasteiger partial charge in [0.1, 0.15) is 0 Å². The third-order valence-corrected chi connectivity index (χ3v) is 1.98. The maximum Gasteiger partial charge on any atom is 0.340 e. The summed E-state index contributed by atoms with van der Waals surface area (Å²) in [5.41, 5.74) is 0. The molecule has 0 heterocycles. The zero-order chi connectivity index (χ0) is 9.14. The number of halogens is 1. The molecule has 0 amide bonds. The third-order valence-electron chi connectivity index (χ3n) is 1.98. The highest BCUT2D eigenvalue weighted by atomic mass is 19.1. The number of hydrogen-bond acceptors (Lipinski definition) is 3. The predicted octanol–water partition coefficient (Wildman–Crippen LogP) is 0.434. The van der Waals surface area contributed by atoms with Crippen LogP contribution in [-0.4, -0.2) is 30.5 Å². The standard InChI is InChI=1S/C8H11FO3/c1-12-8(11)7(9)5-3-2-4-6(5)10/h2,4-7,10H,3H2,1H3/t5?,6-,7?/m1/s1. The molecule has 0 fully saturated rings. The van der Waals surface area contributed by atoms with Gasteiger partial charge >= 0.3 is 5.97 Å². The van der Waals surface area contributed by atoms with Crippen LogP contribution in [0.25, 0.3) is 0 Å². The van der Waals surface area contributed by atoms with Gasteiger partial charge in [0.2, 0.25) is 6.17 Å². The highest BCUT2D eigenvalue weighted by Gasteiger charge is 2.34. The molecule has 1 aliphatic rings. The minimum Gasteiger partial charge on any atom is -0.467 e. The van der Waals surface area contributed by atoms with Crippen LogP contribution in [0.2, 0.25) is 0 Å². The maximum absolute atomic E-state index is 13.1. The number of carbonyl (C=O) groups is 1. The Labute approximate surface area is 69.8 Å². The van der Waals surface area contributed by atoms with Gasteiger partial charge in [-0.25, -0.2) is 9.18 Å². The Bertz CT molecular complexity index is 202. The lowest BCUT2D eigenvalue weighted by atomic mass is 9.99. The molecule has 0 saturated heterocycles. The maximum atomic E-state index is 13.1. The number of carbonyl (C=O) groups excluding carboxylic acids is 1. The Morgan fingerprint density at radius 3 is 2.92 bits per heavy atom. The van der Waals surface area contributed by atoms with Crippen molar-refractivity contribution in [2.75, 3.05) is 7.11 Å². The summed E-state index contributed by atoms with van der Waals surface area (Å²) in [6, 6.07) is 0. The Hall–Kier alpha value is -0.900. The van der Waals surface area contributed by atoms with E-state index < -0.39 is 24.2 Å². The highest BCUT2D eigenvalue weighted by molar-refractivity contribution is 5.75. The van der Waals surface area contributed by atoms with Gasteiger partial charge in [-0.1, -0.05) is 12.2 Å². The molecule has 0 saturated carbocycles. The first-order valence-electron chi connectivity index (χ1n) is 3.73. The van der Waals surface area contributed by atoms with Crippen LogP contribution in [0, 0.1) is 5.92 Å². The van der Waals surface area contributed by atoms with Crippen molar-refractivity contribution < 1.29 is 19.0 Å². The van der Waals surface area contributed by atoms with Crippen molar-refractivity contribution in [1.82, 2.24) is 0 Å². The Morgan fingerprint density at radius 1 is 1.83 bits per heavy atom. The van der Waals surface area contributed by atoms with Gasteiger partial charge < -0.3 is 9.84 Å². The van der Waals surface area contributed by atoms with E-state index in [1.165, 1.54) is 6.08 Å². The average molecular weight is 174 g/mol. The van der Waals surface area contributed by atoms with Crippen molar-refractivity contribution in [2.24, 2.45) is 5.92 Å². The number of ether oxygens (including phenoxy) is 1. The van der Waals surface area contributed by atoms with Gasteiger partial charge in [0.15, 0.2) is 0 Å². The van der Waals surface area contributed by atoms with Crippen molar-refractivity contribution in [3.63, 3.8) is 0 Å². The van der Waals surface area contributed by atoms with Crippen LogP contribution in [0.1, 0.15) is 6.42 Å². The number of hydrogen-bond donors (Lipinski definition) is 1. The number of alkyl halides is 1. The molecule has 4 heteroatoms. The molecule has 1 N–H and O–H groups in total. The second-order valence-corrected chi connectivity index (χ2v) is 2.74. The predicted molar refractivity (Wildman–Crippen MR) is 40.2 cm³/mol. The molecule has 2 unspecified atom stereocenters. The summed E-state index contributed by atoms with van der Waals surface area (Å²) in [6.45, 7) is 0. The summed E-state index contributed by atoms with van der Waals surface area (Å²) in [5, 5.41) is 9.17. The fraction of sp³-hybridized carbons (Fsp3) is 0.625. The Morgan fingerprint density at radius 2 is 2.50 bits per heavy atom. The van der Waals surface area contributed by atoms with Crippen LogP contribution in [0.15, 0.2) is 12.2 Å². The zero-order valence-corrected chi connectivity index (χ0v) is 6.74. The molecule has 0 spiro atoms. The minimum atomic E-state index is -1.72. The molecule has 0 aromatic carbocycles. The van der Waals surface area contributed by atoms with E-state index in [-0.39, 0.29) is 0 Å². The molecule has 1 rings (SSSR count). The fourth-order valence-corrected chi connectivity index (χ4v) is 1.24. The van der Waals surface area contributed by atoms with Crippen molar-refractivity contribution in [1.29, 1.82) is 0 Å². The van der Waals surface area contributed by atoms with E-state index in [0.29, 0.717) is 6.42 Å². The van der Waals surface area contributed by atoms with Crippen molar-refractivity contribution in [2.45, 2.75) is 18.7 Å². The summed E-state index contributed by atoms with van der Waals surface area (Å²) in [6.07, 6.45) is 0.946. The van der Waals surface area contributed by atoms with Crippen LogP contribution in [0.3, 0.4) is 0 Å². The number of aliphatic hydroxyl groups excluding tert-OH is 1. The smallest absolute Gasteiger partial charge is 0.340 e. The molecule has 68 valence electrons. The highest BCUT2D eigenvalue weighted by Crippen LogP contribution is 2.24. The van der Waals surface area contributed by atoms with Crippen LogP contribution in [0.4, 0.5) is 4.39 Å². The van der Waals surface area contributed by atoms with Crippen LogP contribution >= 0.6 is 0 Å². The largest absolute Gasteiger partial charge is 0.467 e. The number of methoxy groups -OCH3 is 1. The summed E-state index contributed by atoms with van der Waals surface area (Å²) in [7, 11) is 1.13. The molecule has 0 radical (unpaired) electrons. The molecule has 0 aromatic rings. The average Bonchev–Trinajstić information content (AvgIpc) is 2.48. The summed E-state index contributed by atoms with van der Waals surface area (Å²) < 4.78 is 17.3. The van der Waals surface area contributed by atoms with Gasteiger partial charge in [0.25, 0.3) is 0 Å². The lowest BCUT2D eigenvalue weighted by Gasteiger charge is -2.16. The van der Waals surface area contributed by atoms with Gasteiger partial charge in [-0.3, -0.25) is 0 Å². The van der Waals surface area contributed by atoms with E-state index >= 15 is 0 Å². The second-order valence-electron chi connectivity index (χ2n) is 2.74. The minimum absolute atomic E-state index is 0.386. The van der Waals surface area contributed by atoms with E-state index in [9.17, 15) is 9.18 Å². The lowest BCUT2D eigenvalue weighted by Crippen LogP contribution is -2.31. The summed E-state index contributed by atoms with van der Waals surface area (Å²) >= 11 is 0. The van der Waals surface area contributed by atoms with Gasteiger partial charge in [-0.2, -0.15) is 0 Å². The van der Waals surface area contributed by atoms with E-state index in [2.05, 4.69) is 4.74 Å². The number of allylic oxidation sites excluding steroid dienone is 1. The van der Waals surface area contributed by atoms with Crippen LogP contribution in [-0.2, 0) is 9.53 Å².